The maximum absolute atomic E-state index is 4.39. The van der Waals surface area contributed by atoms with Gasteiger partial charge < -0.3 is 4.98 Å². The molecule has 0 atom stereocenters. The summed E-state index contributed by atoms with van der Waals surface area (Å²) in [5, 5.41) is 0. The molecule has 0 aliphatic carbocycles. The number of H-pyrrole nitrogens is 1. The van der Waals surface area contributed by atoms with Gasteiger partial charge in [0.05, 0.1) is 17.6 Å². The zero-order chi connectivity index (χ0) is 9.10. The van der Waals surface area contributed by atoms with Gasteiger partial charge in [-0.05, 0) is 19.2 Å². The zero-order valence-electron chi connectivity index (χ0n) is 7.46. The van der Waals surface area contributed by atoms with Crippen molar-refractivity contribution in [3.8, 4) is 0 Å². The Balaban J connectivity index is 2.28. The summed E-state index contributed by atoms with van der Waals surface area (Å²) < 4.78 is 0. The molecule has 0 saturated heterocycles. The van der Waals surface area contributed by atoms with Crippen molar-refractivity contribution >= 4 is 11.0 Å². The van der Waals surface area contributed by atoms with Gasteiger partial charge in [-0.3, -0.25) is 10.9 Å². The van der Waals surface area contributed by atoms with Crippen molar-refractivity contribution in [1.82, 2.24) is 20.8 Å². The average molecular weight is 176 g/mol. The lowest BCUT2D eigenvalue weighted by Gasteiger charge is -1.96. The van der Waals surface area contributed by atoms with Gasteiger partial charge in [0, 0.05) is 0 Å². The number of fused-ring (bicyclic) bond motifs is 1. The van der Waals surface area contributed by atoms with Gasteiger partial charge in [-0.1, -0.05) is 12.1 Å². The van der Waals surface area contributed by atoms with Crippen LogP contribution in [0.3, 0.4) is 0 Å². The molecule has 1 aromatic carbocycles. The van der Waals surface area contributed by atoms with Crippen molar-refractivity contribution < 1.29 is 0 Å². The van der Waals surface area contributed by atoms with E-state index in [4.69, 9.17) is 0 Å². The van der Waals surface area contributed by atoms with Crippen LogP contribution in [0.1, 0.15) is 5.82 Å². The lowest BCUT2D eigenvalue weighted by Crippen LogP contribution is -2.27. The number of rotatable bonds is 3. The normalized spacial score (nSPS) is 10.8. The third-order valence-electron chi connectivity index (χ3n) is 1.87. The molecule has 2 aromatic rings. The first kappa shape index (κ1) is 8.22. The van der Waals surface area contributed by atoms with Crippen LogP contribution in [-0.4, -0.2) is 17.0 Å². The van der Waals surface area contributed by atoms with Gasteiger partial charge in [-0.2, -0.15) is 0 Å². The minimum absolute atomic E-state index is 0.700. The summed E-state index contributed by atoms with van der Waals surface area (Å²) in [5.74, 6) is 0.940. The number of para-hydroxylation sites is 2. The van der Waals surface area contributed by atoms with Crippen LogP contribution < -0.4 is 10.9 Å². The third-order valence-corrected chi connectivity index (χ3v) is 1.87. The largest absolute Gasteiger partial charge is 0.341 e. The fourth-order valence-corrected chi connectivity index (χ4v) is 1.26. The van der Waals surface area contributed by atoms with Crippen LogP contribution in [0.15, 0.2) is 24.3 Å². The van der Waals surface area contributed by atoms with Gasteiger partial charge in [0.2, 0.25) is 0 Å². The van der Waals surface area contributed by atoms with Crippen LogP contribution in [0.4, 0.5) is 0 Å². The van der Waals surface area contributed by atoms with Crippen LogP contribution in [-0.2, 0) is 6.54 Å². The van der Waals surface area contributed by atoms with Crippen molar-refractivity contribution in [2.24, 2.45) is 0 Å². The summed E-state index contributed by atoms with van der Waals surface area (Å²) in [5.41, 5.74) is 7.92. The van der Waals surface area contributed by atoms with Crippen molar-refractivity contribution in [1.29, 1.82) is 0 Å². The number of aromatic amines is 1. The SMILES string of the molecule is CNNCc1nc2ccccc2[nH]1. The summed E-state index contributed by atoms with van der Waals surface area (Å²) >= 11 is 0. The van der Waals surface area contributed by atoms with E-state index in [0.29, 0.717) is 6.54 Å². The van der Waals surface area contributed by atoms with E-state index in [0.717, 1.165) is 16.9 Å². The molecule has 3 N–H and O–H groups in total. The number of hydrazine groups is 1. The number of nitrogens with one attached hydrogen (secondary N) is 3. The number of hydrogen-bond acceptors (Lipinski definition) is 3. The lowest BCUT2D eigenvalue weighted by atomic mass is 10.3. The highest BCUT2D eigenvalue weighted by molar-refractivity contribution is 5.74. The Morgan fingerprint density at radius 3 is 3.00 bits per heavy atom. The van der Waals surface area contributed by atoms with Crippen LogP contribution in [0.25, 0.3) is 11.0 Å². The van der Waals surface area contributed by atoms with Gasteiger partial charge in [-0.15, -0.1) is 0 Å². The fraction of sp³-hybridized carbons (Fsp3) is 0.222. The van der Waals surface area contributed by atoms with E-state index in [1.807, 2.05) is 31.3 Å². The minimum atomic E-state index is 0.700. The second-order valence-corrected chi connectivity index (χ2v) is 2.80. The molecule has 0 unspecified atom stereocenters. The molecule has 13 heavy (non-hydrogen) atoms. The first-order chi connectivity index (χ1) is 6.40. The standard InChI is InChI=1S/C9H12N4/c1-10-11-6-9-12-7-4-2-3-5-8(7)13-9/h2-5,10-11H,6H2,1H3,(H,12,13). The molecule has 0 spiro atoms. The second-order valence-electron chi connectivity index (χ2n) is 2.80. The number of aromatic nitrogens is 2. The fourth-order valence-electron chi connectivity index (χ4n) is 1.26. The van der Waals surface area contributed by atoms with Crippen molar-refractivity contribution in [3.05, 3.63) is 30.1 Å². The van der Waals surface area contributed by atoms with Crippen LogP contribution >= 0.6 is 0 Å². The lowest BCUT2D eigenvalue weighted by molar-refractivity contribution is 0.582. The van der Waals surface area contributed by atoms with Gasteiger partial charge >= 0.3 is 0 Å². The van der Waals surface area contributed by atoms with E-state index in [2.05, 4.69) is 20.8 Å². The zero-order valence-corrected chi connectivity index (χ0v) is 7.46. The first-order valence-corrected chi connectivity index (χ1v) is 4.23. The summed E-state index contributed by atoms with van der Waals surface area (Å²) in [6, 6.07) is 7.99. The molecule has 4 heteroatoms. The topological polar surface area (TPSA) is 52.7 Å². The monoisotopic (exact) mass is 176 g/mol. The molecule has 1 aromatic heterocycles. The maximum atomic E-state index is 4.39. The molecular formula is C9H12N4. The predicted molar refractivity (Wildman–Crippen MR) is 52.0 cm³/mol. The Kier molecular flexibility index (Phi) is 2.25. The molecule has 0 radical (unpaired) electrons. The Labute approximate surface area is 76.3 Å². The smallest absolute Gasteiger partial charge is 0.122 e. The van der Waals surface area contributed by atoms with Crippen LogP contribution in [0.2, 0.25) is 0 Å². The Bertz CT molecular complexity index is 360. The number of hydrogen-bond donors (Lipinski definition) is 3. The van der Waals surface area contributed by atoms with Crippen molar-refractivity contribution in [2.45, 2.75) is 6.54 Å². The number of imidazole rings is 1. The molecular weight excluding hydrogens is 164 g/mol. The van der Waals surface area contributed by atoms with Crippen molar-refractivity contribution in [3.63, 3.8) is 0 Å². The quantitative estimate of drug-likeness (QED) is 0.606. The highest BCUT2D eigenvalue weighted by Crippen LogP contribution is 2.09. The van der Waals surface area contributed by atoms with Crippen LogP contribution in [0.5, 0.6) is 0 Å². The molecule has 68 valence electrons. The molecule has 1 heterocycles. The van der Waals surface area contributed by atoms with Crippen molar-refractivity contribution in [2.75, 3.05) is 7.05 Å². The molecule has 2 rings (SSSR count). The Morgan fingerprint density at radius 2 is 2.23 bits per heavy atom. The minimum Gasteiger partial charge on any atom is -0.341 e. The molecule has 4 nitrogen and oxygen atoms in total. The van der Waals surface area contributed by atoms with E-state index in [-0.39, 0.29) is 0 Å². The summed E-state index contributed by atoms with van der Waals surface area (Å²) in [6.07, 6.45) is 0. The molecule has 0 bridgehead atoms. The summed E-state index contributed by atoms with van der Waals surface area (Å²) in [6.45, 7) is 0.700. The maximum Gasteiger partial charge on any atom is 0.122 e. The molecule has 0 amide bonds. The summed E-state index contributed by atoms with van der Waals surface area (Å²) in [4.78, 5) is 7.61. The predicted octanol–water partition coefficient (Wildman–Crippen LogP) is 0.787. The number of benzene rings is 1. The highest BCUT2D eigenvalue weighted by Gasteiger charge is 1.99. The molecule has 0 saturated carbocycles. The van der Waals surface area contributed by atoms with E-state index in [9.17, 15) is 0 Å². The Morgan fingerprint density at radius 1 is 1.38 bits per heavy atom. The van der Waals surface area contributed by atoms with Crippen LogP contribution in [0, 0.1) is 0 Å². The Hall–Kier alpha value is -1.39. The number of nitrogens with zero attached hydrogens (tertiary/aromatic N) is 1. The summed E-state index contributed by atoms with van der Waals surface area (Å²) in [7, 11) is 1.84. The van der Waals surface area contributed by atoms with Gasteiger partial charge in [0.25, 0.3) is 0 Å². The highest BCUT2D eigenvalue weighted by atomic mass is 15.3. The third kappa shape index (κ3) is 1.68. The first-order valence-electron chi connectivity index (χ1n) is 4.23. The second kappa shape index (κ2) is 3.55. The van der Waals surface area contributed by atoms with Gasteiger partial charge in [-0.25, -0.2) is 4.98 Å². The molecule has 0 aliphatic heterocycles. The van der Waals surface area contributed by atoms with E-state index >= 15 is 0 Å². The van der Waals surface area contributed by atoms with Gasteiger partial charge in [0.1, 0.15) is 5.82 Å². The molecule has 0 aliphatic rings. The van der Waals surface area contributed by atoms with E-state index in [1.165, 1.54) is 0 Å². The van der Waals surface area contributed by atoms with Gasteiger partial charge in [0.15, 0.2) is 0 Å². The molecule has 0 fully saturated rings. The van der Waals surface area contributed by atoms with E-state index < -0.39 is 0 Å². The van der Waals surface area contributed by atoms with E-state index in [1.54, 1.807) is 0 Å². The average Bonchev–Trinajstić information content (AvgIpc) is 2.57.